The van der Waals surface area contributed by atoms with Gasteiger partial charge in [0, 0.05) is 10.7 Å². The van der Waals surface area contributed by atoms with Crippen molar-refractivity contribution in [3.8, 4) is 0 Å². The van der Waals surface area contributed by atoms with Crippen molar-refractivity contribution in [1.82, 2.24) is 5.43 Å². The number of nitrogens with zero attached hydrogens (tertiary/aromatic N) is 1. The molecule has 0 aromatic heterocycles. The third-order valence-corrected chi connectivity index (χ3v) is 3.89. The molecule has 0 atom stereocenters. The zero-order chi connectivity index (χ0) is 16.1. The fourth-order valence-electron chi connectivity index (χ4n) is 1.93. The van der Waals surface area contributed by atoms with Gasteiger partial charge < -0.3 is 5.32 Å². The molecule has 0 radical (unpaired) electrons. The smallest absolute Gasteiger partial charge is 0.191 e. The molecule has 0 bridgehead atoms. The molecule has 0 fully saturated rings. The molecule has 0 saturated carbocycles. The Morgan fingerprint density at radius 2 is 1.77 bits per heavy atom. The second-order valence-electron chi connectivity index (χ2n) is 5.02. The van der Waals surface area contributed by atoms with Crippen molar-refractivity contribution in [1.29, 1.82) is 0 Å². The van der Waals surface area contributed by atoms with E-state index in [1.807, 2.05) is 43.3 Å². The van der Waals surface area contributed by atoms with E-state index < -0.39 is 0 Å². The van der Waals surface area contributed by atoms with Crippen molar-refractivity contribution < 1.29 is 0 Å². The number of hydrazone groups is 1. The second-order valence-corrected chi connectivity index (χ2v) is 5.86. The minimum atomic E-state index is 0.460. The molecule has 0 aliphatic rings. The maximum Gasteiger partial charge on any atom is 0.191 e. The van der Waals surface area contributed by atoms with E-state index in [1.165, 1.54) is 11.1 Å². The van der Waals surface area contributed by atoms with E-state index in [9.17, 15) is 0 Å². The maximum absolute atomic E-state index is 5.88. The van der Waals surface area contributed by atoms with Crippen LogP contribution in [0.3, 0.4) is 0 Å². The summed E-state index contributed by atoms with van der Waals surface area (Å²) >= 11 is 11.2. The van der Waals surface area contributed by atoms with Gasteiger partial charge in [0.1, 0.15) is 0 Å². The first-order chi connectivity index (χ1) is 10.5. The summed E-state index contributed by atoms with van der Waals surface area (Å²) in [4.78, 5) is 0. The summed E-state index contributed by atoms with van der Waals surface area (Å²) in [5, 5.41) is 8.62. The number of nitrogens with one attached hydrogen (secondary N) is 2. The predicted molar refractivity (Wildman–Crippen MR) is 98.9 cm³/mol. The van der Waals surface area contributed by atoms with E-state index in [2.05, 4.69) is 35.8 Å². The van der Waals surface area contributed by atoms with Gasteiger partial charge in [0.25, 0.3) is 0 Å². The van der Waals surface area contributed by atoms with Crippen molar-refractivity contribution in [3.05, 3.63) is 64.2 Å². The lowest BCUT2D eigenvalue weighted by Crippen LogP contribution is -2.25. The Morgan fingerprint density at radius 3 is 2.45 bits per heavy atom. The largest absolute Gasteiger partial charge is 0.331 e. The van der Waals surface area contributed by atoms with Gasteiger partial charge >= 0.3 is 0 Å². The van der Waals surface area contributed by atoms with Gasteiger partial charge in [-0.1, -0.05) is 35.9 Å². The van der Waals surface area contributed by atoms with Gasteiger partial charge in [0.05, 0.1) is 5.71 Å². The number of halogens is 1. The highest BCUT2D eigenvalue weighted by Crippen LogP contribution is 2.17. The van der Waals surface area contributed by atoms with Crippen molar-refractivity contribution in [2.75, 3.05) is 5.32 Å². The highest BCUT2D eigenvalue weighted by atomic mass is 35.5. The minimum Gasteiger partial charge on any atom is -0.331 e. The standard InChI is InChI=1S/C17H18ClN3S/c1-11-5-4-6-16(12(11)2)19-17(22)21-20-13(3)14-7-9-15(18)10-8-14/h4-10H,1-3H3,(H2,19,21,22)/b20-13-. The number of hydrogen-bond donors (Lipinski definition) is 2. The summed E-state index contributed by atoms with van der Waals surface area (Å²) < 4.78 is 0. The Labute approximate surface area is 141 Å². The van der Waals surface area contributed by atoms with Crippen LogP contribution in [0.2, 0.25) is 5.02 Å². The quantitative estimate of drug-likeness (QED) is 0.487. The van der Waals surface area contributed by atoms with E-state index in [0.717, 1.165) is 17.0 Å². The van der Waals surface area contributed by atoms with Crippen LogP contribution in [-0.2, 0) is 0 Å². The van der Waals surface area contributed by atoms with Crippen LogP contribution in [0.15, 0.2) is 47.6 Å². The van der Waals surface area contributed by atoms with Crippen LogP contribution in [0.4, 0.5) is 5.69 Å². The molecule has 0 aliphatic heterocycles. The first-order valence-electron chi connectivity index (χ1n) is 6.91. The predicted octanol–water partition coefficient (Wildman–Crippen LogP) is 4.67. The molecule has 5 heteroatoms. The summed E-state index contributed by atoms with van der Waals surface area (Å²) in [6.07, 6.45) is 0. The molecule has 22 heavy (non-hydrogen) atoms. The van der Waals surface area contributed by atoms with E-state index in [1.54, 1.807) is 0 Å². The number of thiocarbonyl (C=S) groups is 1. The normalized spacial score (nSPS) is 11.2. The molecular formula is C17H18ClN3S. The summed E-state index contributed by atoms with van der Waals surface area (Å²) in [5.74, 6) is 0. The first-order valence-corrected chi connectivity index (χ1v) is 7.69. The van der Waals surface area contributed by atoms with Crippen molar-refractivity contribution in [2.24, 2.45) is 5.10 Å². The number of aryl methyl sites for hydroxylation is 1. The number of anilines is 1. The Bertz CT molecular complexity index is 708. The molecular weight excluding hydrogens is 314 g/mol. The third-order valence-electron chi connectivity index (χ3n) is 3.44. The van der Waals surface area contributed by atoms with Gasteiger partial charge in [-0.15, -0.1) is 0 Å². The molecule has 0 amide bonds. The van der Waals surface area contributed by atoms with Crippen LogP contribution >= 0.6 is 23.8 Å². The Hall–Kier alpha value is -1.91. The first kappa shape index (κ1) is 16.5. The Balaban J connectivity index is 2.01. The highest BCUT2D eigenvalue weighted by molar-refractivity contribution is 7.80. The fourth-order valence-corrected chi connectivity index (χ4v) is 2.21. The van der Waals surface area contributed by atoms with Gasteiger partial charge in [-0.3, -0.25) is 5.43 Å². The molecule has 2 N–H and O–H groups in total. The zero-order valence-corrected chi connectivity index (χ0v) is 14.3. The molecule has 2 rings (SSSR count). The molecule has 0 saturated heterocycles. The number of rotatable bonds is 3. The Kier molecular flexibility index (Phi) is 5.52. The zero-order valence-electron chi connectivity index (χ0n) is 12.8. The van der Waals surface area contributed by atoms with E-state index in [4.69, 9.17) is 23.8 Å². The summed E-state index contributed by atoms with van der Waals surface area (Å²) in [6, 6.07) is 13.6. The molecule has 0 aliphatic carbocycles. The van der Waals surface area contributed by atoms with Crippen LogP contribution in [0.5, 0.6) is 0 Å². The lowest BCUT2D eigenvalue weighted by molar-refractivity contribution is 1.04. The van der Waals surface area contributed by atoms with E-state index >= 15 is 0 Å². The monoisotopic (exact) mass is 331 g/mol. The number of benzene rings is 2. The van der Waals surface area contributed by atoms with Gasteiger partial charge in [-0.25, -0.2) is 0 Å². The average molecular weight is 332 g/mol. The van der Waals surface area contributed by atoms with Crippen molar-refractivity contribution in [3.63, 3.8) is 0 Å². The van der Waals surface area contributed by atoms with Gasteiger partial charge in [0.2, 0.25) is 0 Å². The fraction of sp³-hybridized carbons (Fsp3) is 0.176. The molecule has 0 unspecified atom stereocenters. The van der Waals surface area contributed by atoms with Crippen LogP contribution in [0.1, 0.15) is 23.6 Å². The van der Waals surface area contributed by atoms with Crippen molar-refractivity contribution >= 4 is 40.3 Å². The molecule has 114 valence electrons. The van der Waals surface area contributed by atoms with E-state index in [-0.39, 0.29) is 0 Å². The topological polar surface area (TPSA) is 36.4 Å². The lowest BCUT2D eigenvalue weighted by Gasteiger charge is -2.12. The molecule has 2 aromatic rings. The Morgan fingerprint density at radius 1 is 1.09 bits per heavy atom. The molecule has 2 aromatic carbocycles. The molecule has 0 heterocycles. The lowest BCUT2D eigenvalue weighted by atomic mass is 10.1. The van der Waals surface area contributed by atoms with Crippen LogP contribution in [0.25, 0.3) is 0 Å². The van der Waals surface area contributed by atoms with Crippen LogP contribution in [-0.4, -0.2) is 10.8 Å². The summed E-state index contributed by atoms with van der Waals surface area (Å²) in [7, 11) is 0. The van der Waals surface area contributed by atoms with Gasteiger partial charge in [-0.05, 0) is 67.9 Å². The SMILES string of the molecule is C/C(=N/NC(=S)Nc1cccc(C)c1C)c1ccc(Cl)cc1. The van der Waals surface area contributed by atoms with Crippen LogP contribution in [0, 0.1) is 13.8 Å². The van der Waals surface area contributed by atoms with Crippen LogP contribution < -0.4 is 10.7 Å². The minimum absolute atomic E-state index is 0.460. The molecule has 0 spiro atoms. The summed E-state index contributed by atoms with van der Waals surface area (Å²) in [5.41, 5.74) is 8.06. The molecule has 3 nitrogen and oxygen atoms in total. The van der Waals surface area contributed by atoms with Gasteiger partial charge in [-0.2, -0.15) is 5.10 Å². The van der Waals surface area contributed by atoms with Crippen molar-refractivity contribution in [2.45, 2.75) is 20.8 Å². The van der Waals surface area contributed by atoms with Gasteiger partial charge in [0.15, 0.2) is 5.11 Å². The second kappa shape index (κ2) is 7.38. The number of hydrogen-bond acceptors (Lipinski definition) is 2. The van der Waals surface area contributed by atoms with E-state index in [0.29, 0.717) is 10.1 Å². The maximum atomic E-state index is 5.88. The summed E-state index contributed by atoms with van der Waals surface area (Å²) in [6.45, 7) is 6.04. The highest BCUT2D eigenvalue weighted by Gasteiger charge is 2.03. The average Bonchev–Trinajstić information content (AvgIpc) is 2.50. The third kappa shape index (κ3) is 4.29.